The second-order valence-electron chi connectivity index (χ2n) is 3.29. The van der Waals surface area contributed by atoms with Crippen LogP contribution in [0, 0.1) is 5.82 Å². The molecule has 0 atom stereocenters. The molecule has 1 aliphatic rings. The molecule has 1 aromatic carbocycles. The predicted molar refractivity (Wildman–Crippen MR) is 74.7 cm³/mol. The topological polar surface area (TPSA) is 53.8 Å². The van der Waals surface area contributed by atoms with Crippen molar-refractivity contribution in [2.24, 2.45) is 10.2 Å². The zero-order valence-corrected chi connectivity index (χ0v) is 11.9. The molecule has 94 valence electrons. The SMILES string of the molecule is O=C1CSC(=NN=Cc2cc(F)c(Cl)c(Br)c2)N1. The van der Waals surface area contributed by atoms with Crippen molar-refractivity contribution in [3.8, 4) is 0 Å². The van der Waals surface area contributed by atoms with Crippen LogP contribution in [0.4, 0.5) is 4.39 Å². The monoisotopic (exact) mass is 349 g/mol. The Hall–Kier alpha value is -0.920. The molecule has 0 bridgehead atoms. The highest BCUT2D eigenvalue weighted by atomic mass is 79.9. The largest absolute Gasteiger partial charge is 0.303 e. The number of amidine groups is 1. The van der Waals surface area contributed by atoms with Crippen molar-refractivity contribution in [1.82, 2.24) is 5.32 Å². The lowest BCUT2D eigenvalue weighted by atomic mass is 10.2. The van der Waals surface area contributed by atoms with Crippen LogP contribution in [0.5, 0.6) is 0 Å². The van der Waals surface area contributed by atoms with Gasteiger partial charge >= 0.3 is 0 Å². The maximum absolute atomic E-state index is 13.3. The summed E-state index contributed by atoms with van der Waals surface area (Å²) in [7, 11) is 0. The number of benzene rings is 1. The summed E-state index contributed by atoms with van der Waals surface area (Å²) in [5.41, 5.74) is 0.516. The van der Waals surface area contributed by atoms with Gasteiger partial charge in [0.1, 0.15) is 5.82 Å². The van der Waals surface area contributed by atoms with Crippen molar-refractivity contribution in [2.75, 3.05) is 5.75 Å². The number of hydrogen-bond donors (Lipinski definition) is 1. The van der Waals surface area contributed by atoms with Gasteiger partial charge in [-0.05, 0) is 33.6 Å². The van der Waals surface area contributed by atoms with Gasteiger partial charge in [0.05, 0.1) is 17.0 Å². The Morgan fingerprint density at radius 2 is 2.33 bits per heavy atom. The Kier molecular flexibility index (Phi) is 4.36. The number of rotatable bonds is 2. The Balaban J connectivity index is 2.12. The van der Waals surface area contributed by atoms with E-state index in [1.54, 1.807) is 6.07 Å². The molecule has 18 heavy (non-hydrogen) atoms. The molecule has 1 N–H and O–H groups in total. The van der Waals surface area contributed by atoms with E-state index in [0.717, 1.165) is 0 Å². The van der Waals surface area contributed by atoms with Crippen LogP contribution in [-0.4, -0.2) is 23.0 Å². The maximum atomic E-state index is 13.3. The molecule has 2 rings (SSSR count). The lowest BCUT2D eigenvalue weighted by Crippen LogP contribution is -2.19. The van der Waals surface area contributed by atoms with Crippen LogP contribution in [0.25, 0.3) is 0 Å². The zero-order valence-electron chi connectivity index (χ0n) is 8.78. The molecule has 0 saturated carbocycles. The Morgan fingerprint density at radius 3 is 2.94 bits per heavy atom. The van der Waals surface area contributed by atoms with Crippen molar-refractivity contribution >= 4 is 56.6 Å². The molecule has 1 aliphatic heterocycles. The summed E-state index contributed by atoms with van der Waals surface area (Å²) in [6, 6.07) is 2.87. The van der Waals surface area contributed by atoms with Crippen LogP contribution in [0.1, 0.15) is 5.56 Å². The van der Waals surface area contributed by atoms with Crippen LogP contribution >= 0.6 is 39.3 Å². The average Bonchev–Trinajstić information content (AvgIpc) is 2.72. The molecule has 0 radical (unpaired) electrons. The Bertz CT molecular complexity index is 541. The van der Waals surface area contributed by atoms with Crippen LogP contribution < -0.4 is 5.32 Å². The van der Waals surface area contributed by atoms with Gasteiger partial charge in [-0.3, -0.25) is 4.79 Å². The minimum Gasteiger partial charge on any atom is -0.303 e. The van der Waals surface area contributed by atoms with Gasteiger partial charge in [0.2, 0.25) is 5.91 Å². The Morgan fingerprint density at radius 1 is 1.56 bits per heavy atom. The highest BCUT2D eigenvalue weighted by Crippen LogP contribution is 2.26. The first-order chi connectivity index (χ1) is 8.56. The Labute approximate surface area is 120 Å². The summed E-state index contributed by atoms with van der Waals surface area (Å²) in [6.45, 7) is 0. The van der Waals surface area contributed by atoms with Crippen LogP contribution in [0.3, 0.4) is 0 Å². The van der Waals surface area contributed by atoms with E-state index in [0.29, 0.717) is 21.0 Å². The van der Waals surface area contributed by atoms with Gasteiger partial charge in [-0.25, -0.2) is 4.39 Å². The number of hydrogen-bond acceptors (Lipinski definition) is 4. The van der Waals surface area contributed by atoms with Crippen molar-refractivity contribution < 1.29 is 9.18 Å². The van der Waals surface area contributed by atoms with E-state index in [9.17, 15) is 9.18 Å². The van der Waals surface area contributed by atoms with E-state index in [-0.39, 0.29) is 10.9 Å². The number of carbonyl (C=O) groups excluding carboxylic acids is 1. The van der Waals surface area contributed by atoms with Gasteiger partial charge in [-0.15, -0.1) is 5.10 Å². The van der Waals surface area contributed by atoms with E-state index >= 15 is 0 Å². The standard InChI is InChI=1S/C10H6BrClFN3OS/c11-6-1-5(2-7(13)9(6)12)3-14-16-10-15-8(17)4-18-10/h1-3H,4H2,(H,15,16,17). The fourth-order valence-corrected chi connectivity index (χ4v) is 2.37. The van der Waals surface area contributed by atoms with Crippen molar-refractivity contribution in [3.05, 3.63) is 33.0 Å². The summed E-state index contributed by atoms with van der Waals surface area (Å²) >= 11 is 10.1. The molecule has 1 amide bonds. The van der Waals surface area contributed by atoms with E-state index in [4.69, 9.17) is 11.6 Å². The number of thioether (sulfide) groups is 1. The molecule has 1 aromatic rings. The molecular formula is C10H6BrClFN3OS. The van der Waals surface area contributed by atoms with Gasteiger partial charge in [0.15, 0.2) is 5.17 Å². The third kappa shape index (κ3) is 3.30. The number of halogens is 3. The average molecular weight is 351 g/mol. The van der Waals surface area contributed by atoms with E-state index < -0.39 is 5.82 Å². The molecule has 4 nitrogen and oxygen atoms in total. The predicted octanol–water partition coefficient (Wildman–Crippen LogP) is 2.79. The van der Waals surface area contributed by atoms with Gasteiger partial charge in [0, 0.05) is 4.47 Å². The van der Waals surface area contributed by atoms with Crippen molar-refractivity contribution in [1.29, 1.82) is 0 Å². The molecule has 1 heterocycles. The summed E-state index contributed by atoms with van der Waals surface area (Å²) in [5.74, 6) is -0.298. The molecule has 0 aromatic heterocycles. The lowest BCUT2D eigenvalue weighted by Gasteiger charge is -1.99. The highest BCUT2D eigenvalue weighted by molar-refractivity contribution is 9.10. The fraction of sp³-hybridized carbons (Fsp3) is 0.100. The first kappa shape index (κ1) is 13.5. The smallest absolute Gasteiger partial charge is 0.236 e. The number of carbonyl (C=O) groups is 1. The van der Waals surface area contributed by atoms with Gasteiger partial charge in [0.25, 0.3) is 0 Å². The van der Waals surface area contributed by atoms with Gasteiger partial charge < -0.3 is 5.32 Å². The van der Waals surface area contributed by atoms with Gasteiger partial charge in [-0.1, -0.05) is 23.4 Å². The summed E-state index contributed by atoms with van der Waals surface area (Å²) in [4.78, 5) is 10.9. The molecule has 0 aliphatic carbocycles. The molecule has 1 fully saturated rings. The summed E-state index contributed by atoms with van der Waals surface area (Å²) < 4.78 is 13.7. The fourth-order valence-electron chi connectivity index (χ4n) is 1.18. The zero-order chi connectivity index (χ0) is 13.1. The minimum atomic E-state index is -0.538. The third-order valence-electron chi connectivity index (χ3n) is 1.95. The molecule has 0 unspecified atom stereocenters. The van der Waals surface area contributed by atoms with E-state index in [1.165, 1.54) is 24.0 Å². The van der Waals surface area contributed by atoms with Crippen molar-refractivity contribution in [3.63, 3.8) is 0 Å². The summed E-state index contributed by atoms with van der Waals surface area (Å²) in [5, 5.41) is 10.6. The normalized spacial score (nSPS) is 17.7. The highest BCUT2D eigenvalue weighted by Gasteiger charge is 2.15. The lowest BCUT2D eigenvalue weighted by molar-refractivity contribution is -0.116. The molecule has 8 heteroatoms. The van der Waals surface area contributed by atoms with E-state index in [1.807, 2.05) is 0 Å². The molecular weight excluding hydrogens is 345 g/mol. The van der Waals surface area contributed by atoms with Gasteiger partial charge in [-0.2, -0.15) is 5.10 Å². The minimum absolute atomic E-state index is 0.0251. The number of amides is 1. The second kappa shape index (κ2) is 5.81. The molecule has 0 spiro atoms. The molecule has 1 saturated heterocycles. The van der Waals surface area contributed by atoms with Crippen molar-refractivity contribution in [2.45, 2.75) is 0 Å². The second-order valence-corrected chi connectivity index (χ2v) is 5.48. The van der Waals surface area contributed by atoms with Crippen LogP contribution in [-0.2, 0) is 4.79 Å². The third-order valence-corrected chi connectivity index (χ3v) is 4.05. The van der Waals surface area contributed by atoms with Crippen LogP contribution in [0.2, 0.25) is 5.02 Å². The number of nitrogens with zero attached hydrogens (tertiary/aromatic N) is 2. The first-order valence-corrected chi connectivity index (χ1v) is 6.90. The summed E-state index contributed by atoms with van der Waals surface area (Å²) in [6.07, 6.45) is 1.38. The first-order valence-electron chi connectivity index (χ1n) is 4.74. The van der Waals surface area contributed by atoms with Crippen LogP contribution in [0.15, 0.2) is 26.8 Å². The van der Waals surface area contributed by atoms with E-state index in [2.05, 4.69) is 31.4 Å². The quantitative estimate of drug-likeness (QED) is 0.506. The maximum Gasteiger partial charge on any atom is 0.236 e. The number of nitrogens with one attached hydrogen (secondary N) is 1.